The summed E-state index contributed by atoms with van der Waals surface area (Å²) < 4.78 is 15.3. The normalized spacial score (nSPS) is 14.6. The molecule has 0 saturated carbocycles. The number of amides is 4. The van der Waals surface area contributed by atoms with Gasteiger partial charge in [0.1, 0.15) is 5.82 Å². The fraction of sp³-hybridized carbons (Fsp3) is 0.300. The third-order valence-electron chi connectivity index (χ3n) is 4.70. The van der Waals surface area contributed by atoms with Gasteiger partial charge in [0.15, 0.2) is 5.78 Å². The van der Waals surface area contributed by atoms with Crippen molar-refractivity contribution >= 4 is 23.6 Å². The molecule has 0 aliphatic carbocycles. The van der Waals surface area contributed by atoms with Crippen LogP contribution in [-0.2, 0) is 9.59 Å². The zero-order chi connectivity index (χ0) is 20.7. The first-order valence-electron chi connectivity index (χ1n) is 8.80. The molecular weight excluding hydrogens is 365 g/mol. The van der Waals surface area contributed by atoms with E-state index in [4.69, 9.17) is 0 Å². The lowest BCUT2D eigenvalue weighted by Gasteiger charge is -2.18. The van der Waals surface area contributed by atoms with Gasteiger partial charge in [-0.1, -0.05) is 6.07 Å². The predicted molar refractivity (Wildman–Crippen MR) is 98.6 cm³/mol. The quantitative estimate of drug-likeness (QED) is 0.450. The van der Waals surface area contributed by atoms with E-state index in [1.807, 2.05) is 0 Å². The Hall–Kier alpha value is -3.29. The second kappa shape index (κ2) is 7.03. The molecule has 0 N–H and O–H groups in total. The molecule has 4 amide bonds. The molecule has 0 atom stereocenters. The van der Waals surface area contributed by atoms with Gasteiger partial charge in [-0.05, 0) is 52.0 Å². The summed E-state index contributed by atoms with van der Waals surface area (Å²) in [5.74, 6) is -2.82. The Kier molecular flexibility index (Phi) is 4.89. The van der Waals surface area contributed by atoms with E-state index in [0.29, 0.717) is 27.5 Å². The number of imide groups is 2. The second-order valence-electron chi connectivity index (χ2n) is 6.97. The summed E-state index contributed by atoms with van der Waals surface area (Å²) in [6.45, 7) is 6.16. The van der Waals surface area contributed by atoms with E-state index < -0.39 is 42.0 Å². The molecule has 3 rings (SSSR count). The second-order valence-corrected chi connectivity index (χ2v) is 6.97. The van der Waals surface area contributed by atoms with E-state index in [2.05, 4.69) is 0 Å². The molecule has 1 saturated heterocycles. The summed E-state index contributed by atoms with van der Waals surface area (Å²) >= 11 is 0. The summed E-state index contributed by atoms with van der Waals surface area (Å²) in [5, 5.41) is 0. The van der Waals surface area contributed by atoms with Crippen LogP contribution in [0.5, 0.6) is 0 Å². The highest BCUT2D eigenvalue weighted by molar-refractivity contribution is 6.45. The van der Waals surface area contributed by atoms with Gasteiger partial charge in [0.25, 0.3) is 0 Å². The van der Waals surface area contributed by atoms with Crippen LogP contribution >= 0.6 is 0 Å². The maximum absolute atomic E-state index is 13.6. The van der Waals surface area contributed by atoms with Crippen molar-refractivity contribution in [3.05, 3.63) is 53.1 Å². The number of rotatable bonds is 5. The number of carbonyl (C=O) groups excluding carboxylic acids is 4. The summed E-state index contributed by atoms with van der Waals surface area (Å²) in [4.78, 5) is 50.8. The lowest BCUT2D eigenvalue weighted by atomic mass is 10.1. The molecule has 1 aliphatic heterocycles. The molecule has 7 nitrogen and oxygen atoms in total. The van der Waals surface area contributed by atoms with Crippen LogP contribution in [0.1, 0.15) is 35.6 Å². The van der Waals surface area contributed by atoms with Crippen molar-refractivity contribution in [1.29, 1.82) is 0 Å². The third-order valence-corrected chi connectivity index (χ3v) is 4.70. The predicted octanol–water partition coefficient (Wildman–Crippen LogP) is 2.62. The molecule has 146 valence electrons. The maximum Gasteiger partial charge on any atom is 0.334 e. The summed E-state index contributed by atoms with van der Waals surface area (Å²) in [5.41, 5.74) is 2.12. The summed E-state index contributed by atoms with van der Waals surface area (Å²) in [6.07, 6.45) is 0. The van der Waals surface area contributed by atoms with Crippen molar-refractivity contribution in [2.24, 2.45) is 0 Å². The van der Waals surface area contributed by atoms with Crippen molar-refractivity contribution < 1.29 is 23.6 Å². The Morgan fingerprint density at radius 1 is 1.07 bits per heavy atom. The fourth-order valence-electron chi connectivity index (χ4n) is 3.40. The molecule has 2 heterocycles. The molecule has 1 aromatic heterocycles. The van der Waals surface area contributed by atoms with Gasteiger partial charge in [-0.25, -0.2) is 14.1 Å². The molecule has 0 unspecified atom stereocenters. The lowest BCUT2D eigenvalue weighted by molar-refractivity contribution is -0.143. The molecule has 2 aromatic rings. The maximum atomic E-state index is 13.6. The minimum Gasteiger partial charge on any atom is -0.318 e. The van der Waals surface area contributed by atoms with Crippen molar-refractivity contribution in [3.8, 4) is 5.69 Å². The van der Waals surface area contributed by atoms with E-state index in [0.717, 1.165) is 4.90 Å². The van der Waals surface area contributed by atoms with E-state index in [1.54, 1.807) is 50.5 Å². The number of carbonyl (C=O) groups is 4. The number of aromatic nitrogens is 1. The highest BCUT2D eigenvalue weighted by atomic mass is 19.1. The van der Waals surface area contributed by atoms with Gasteiger partial charge < -0.3 is 4.57 Å². The smallest absolute Gasteiger partial charge is 0.318 e. The van der Waals surface area contributed by atoms with Gasteiger partial charge in [-0.15, -0.1) is 0 Å². The molecule has 1 aromatic carbocycles. The van der Waals surface area contributed by atoms with Crippen LogP contribution in [-0.4, -0.2) is 50.6 Å². The molecule has 0 spiro atoms. The number of urea groups is 1. The first-order valence-corrected chi connectivity index (χ1v) is 8.80. The van der Waals surface area contributed by atoms with E-state index in [-0.39, 0.29) is 0 Å². The number of Topliss-reactive ketones (excluding diaryl/α,β-unsaturated/α-hetero) is 1. The van der Waals surface area contributed by atoms with Crippen molar-refractivity contribution in [3.63, 3.8) is 0 Å². The Labute approximate surface area is 161 Å². The van der Waals surface area contributed by atoms with Crippen LogP contribution in [0.4, 0.5) is 9.18 Å². The van der Waals surface area contributed by atoms with Gasteiger partial charge in [-0.3, -0.25) is 19.3 Å². The first kappa shape index (κ1) is 19.5. The Morgan fingerprint density at radius 3 is 2.32 bits per heavy atom. The zero-order valence-electron chi connectivity index (χ0n) is 16.0. The van der Waals surface area contributed by atoms with Crippen LogP contribution in [0.2, 0.25) is 0 Å². The number of benzene rings is 1. The minimum atomic E-state index is -1.01. The van der Waals surface area contributed by atoms with Crippen LogP contribution in [0.25, 0.3) is 5.69 Å². The molecule has 0 radical (unpaired) electrons. The third kappa shape index (κ3) is 3.11. The van der Waals surface area contributed by atoms with Crippen molar-refractivity contribution in [2.45, 2.75) is 33.7 Å². The van der Waals surface area contributed by atoms with E-state index in [9.17, 15) is 23.6 Å². The van der Waals surface area contributed by atoms with Crippen LogP contribution < -0.4 is 0 Å². The van der Waals surface area contributed by atoms with Crippen molar-refractivity contribution in [2.75, 3.05) is 6.54 Å². The standard InChI is InChI=1S/C20H20FN3O4/c1-11(2)23-19(27)18(26)22(20(23)28)10-17(25)16-8-12(3)24(13(16)4)15-7-5-6-14(21)9-15/h5-9,11H,10H2,1-4H3. The zero-order valence-corrected chi connectivity index (χ0v) is 16.0. The molecular formula is C20H20FN3O4. The number of nitrogens with zero attached hydrogens (tertiary/aromatic N) is 3. The minimum absolute atomic E-state index is 0.304. The number of ketones is 1. The lowest BCUT2D eigenvalue weighted by Crippen LogP contribution is -2.39. The van der Waals surface area contributed by atoms with Gasteiger partial charge >= 0.3 is 17.8 Å². The van der Waals surface area contributed by atoms with Gasteiger partial charge in [0.05, 0.1) is 6.54 Å². The van der Waals surface area contributed by atoms with Gasteiger partial charge in [0, 0.05) is 28.7 Å². The van der Waals surface area contributed by atoms with E-state index >= 15 is 0 Å². The van der Waals surface area contributed by atoms with Crippen molar-refractivity contribution in [1.82, 2.24) is 14.4 Å². The van der Waals surface area contributed by atoms with E-state index in [1.165, 1.54) is 12.1 Å². The first-order chi connectivity index (χ1) is 13.1. The number of halogens is 1. The van der Waals surface area contributed by atoms with Gasteiger partial charge in [-0.2, -0.15) is 0 Å². The fourth-order valence-corrected chi connectivity index (χ4v) is 3.40. The van der Waals surface area contributed by atoms with Crippen LogP contribution in [0.3, 0.4) is 0 Å². The monoisotopic (exact) mass is 385 g/mol. The number of aryl methyl sites for hydroxylation is 1. The Balaban J connectivity index is 1.90. The molecule has 28 heavy (non-hydrogen) atoms. The summed E-state index contributed by atoms with van der Waals surface area (Å²) in [7, 11) is 0. The average Bonchev–Trinajstić information content (AvgIpc) is 3.03. The number of hydrogen-bond donors (Lipinski definition) is 0. The summed E-state index contributed by atoms with van der Waals surface area (Å²) in [6, 6.07) is 6.30. The van der Waals surface area contributed by atoms with Crippen LogP contribution in [0, 0.1) is 19.7 Å². The van der Waals surface area contributed by atoms with Gasteiger partial charge in [0.2, 0.25) is 0 Å². The highest BCUT2D eigenvalue weighted by Crippen LogP contribution is 2.23. The largest absolute Gasteiger partial charge is 0.334 e. The topological polar surface area (TPSA) is 79.7 Å². The Morgan fingerprint density at radius 2 is 1.75 bits per heavy atom. The average molecular weight is 385 g/mol. The SMILES string of the molecule is Cc1cc(C(=O)CN2C(=O)C(=O)N(C(C)C)C2=O)c(C)n1-c1cccc(F)c1. The molecule has 1 fully saturated rings. The highest BCUT2D eigenvalue weighted by Gasteiger charge is 2.46. The number of hydrogen-bond acceptors (Lipinski definition) is 4. The molecule has 0 bridgehead atoms. The Bertz CT molecular complexity index is 1010. The van der Waals surface area contributed by atoms with Crippen LogP contribution in [0.15, 0.2) is 30.3 Å². The molecule has 1 aliphatic rings. The molecule has 8 heteroatoms.